The molecule has 0 spiro atoms. The van der Waals surface area contributed by atoms with E-state index in [2.05, 4.69) is 205 Å². The molecule has 0 bridgehead atoms. The van der Waals surface area contributed by atoms with Crippen molar-refractivity contribution < 1.29 is 0 Å². The second-order valence-electron chi connectivity index (χ2n) is 15.7. The number of benzene rings is 10. The first kappa shape index (κ1) is 34.8. The summed E-state index contributed by atoms with van der Waals surface area (Å²) in [6.07, 6.45) is 0. The second kappa shape index (κ2) is 14.3. The highest BCUT2D eigenvalue weighted by Gasteiger charge is 2.24. The Balaban J connectivity index is 1.20. The fraction of sp³-hybridized carbons (Fsp3) is 0. The predicted octanol–water partition coefficient (Wildman–Crippen LogP) is 14.8. The molecular weight excluding hydrogens is 741 g/mol. The molecule has 0 N–H and O–H groups in total. The van der Waals surface area contributed by atoms with Gasteiger partial charge in [0, 0.05) is 38.6 Å². The molecular formula is C57H36N4. The van der Waals surface area contributed by atoms with Crippen LogP contribution in [0.5, 0.6) is 0 Å². The van der Waals surface area contributed by atoms with E-state index >= 15 is 0 Å². The van der Waals surface area contributed by atoms with Crippen LogP contribution in [-0.2, 0) is 0 Å². The SMILES string of the molecule is c1ccc(-c2nc(-c3cc(-c4ccccc4)c(-n4c5cc6ccccc6cc5c5cc6ccccc6cc54)c(-c4ccccc4)c3)nc(-c3ccc4ccccc4c3)n2)cc1. The fourth-order valence-electron chi connectivity index (χ4n) is 8.99. The minimum atomic E-state index is 0.608. The quantitative estimate of drug-likeness (QED) is 0.169. The van der Waals surface area contributed by atoms with E-state index in [9.17, 15) is 0 Å². The van der Waals surface area contributed by atoms with Crippen molar-refractivity contribution in [1.29, 1.82) is 0 Å². The van der Waals surface area contributed by atoms with E-state index in [0.717, 1.165) is 61.1 Å². The van der Waals surface area contributed by atoms with Crippen LogP contribution in [0.15, 0.2) is 218 Å². The molecule has 12 rings (SSSR count). The van der Waals surface area contributed by atoms with Crippen molar-refractivity contribution in [1.82, 2.24) is 19.5 Å². The number of fused-ring (bicyclic) bond motifs is 6. The molecule has 0 aliphatic heterocycles. The monoisotopic (exact) mass is 776 g/mol. The fourth-order valence-corrected chi connectivity index (χ4v) is 8.99. The average molecular weight is 777 g/mol. The van der Waals surface area contributed by atoms with Crippen LogP contribution < -0.4 is 0 Å². The maximum atomic E-state index is 5.31. The Labute approximate surface area is 352 Å². The highest BCUT2D eigenvalue weighted by atomic mass is 15.0. The number of nitrogens with zero attached hydrogens (tertiary/aromatic N) is 4. The van der Waals surface area contributed by atoms with Crippen molar-refractivity contribution in [3.63, 3.8) is 0 Å². The van der Waals surface area contributed by atoms with Gasteiger partial charge in [-0.05, 0) is 85.9 Å². The minimum Gasteiger partial charge on any atom is -0.308 e. The second-order valence-corrected chi connectivity index (χ2v) is 15.7. The first-order valence-electron chi connectivity index (χ1n) is 20.7. The van der Waals surface area contributed by atoms with Crippen molar-refractivity contribution in [2.75, 3.05) is 0 Å². The summed E-state index contributed by atoms with van der Waals surface area (Å²) in [5.74, 6) is 1.86. The van der Waals surface area contributed by atoms with Crippen LogP contribution in [0.1, 0.15) is 0 Å². The van der Waals surface area contributed by atoms with Gasteiger partial charge in [0.1, 0.15) is 0 Å². The minimum absolute atomic E-state index is 0.608. The maximum absolute atomic E-state index is 5.31. The third-order valence-corrected chi connectivity index (χ3v) is 11.9. The van der Waals surface area contributed by atoms with E-state index in [1.54, 1.807) is 0 Å². The lowest BCUT2D eigenvalue weighted by molar-refractivity contribution is 1.07. The van der Waals surface area contributed by atoms with E-state index in [0.29, 0.717) is 17.5 Å². The van der Waals surface area contributed by atoms with Gasteiger partial charge in [-0.15, -0.1) is 0 Å². The normalized spacial score (nSPS) is 11.6. The standard InChI is InChI=1S/C57H36N4/c1-4-17-38(18-5-1)48-33-47(57-59-55(40-21-8-3-9-22-40)58-56(60-57)46-29-28-37-16-10-11-23-41(37)30-46)34-49(39-19-6-2-7-20-39)54(48)61-52-35-44-26-14-12-24-42(44)31-50(52)51-32-43-25-13-15-27-45(43)36-53(51)61/h1-36H. The van der Waals surface area contributed by atoms with Gasteiger partial charge >= 0.3 is 0 Å². The lowest BCUT2D eigenvalue weighted by Gasteiger charge is -2.21. The molecule has 0 fully saturated rings. The molecule has 4 heteroatoms. The number of hydrogen-bond acceptors (Lipinski definition) is 3. The molecule has 284 valence electrons. The summed E-state index contributed by atoms with van der Waals surface area (Å²) in [6.45, 7) is 0. The van der Waals surface area contributed by atoms with Crippen LogP contribution >= 0.6 is 0 Å². The Bertz CT molecular complexity index is 3480. The lowest BCUT2D eigenvalue weighted by Crippen LogP contribution is -2.04. The summed E-state index contributed by atoms with van der Waals surface area (Å²) in [6, 6.07) is 77.9. The van der Waals surface area contributed by atoms with Gasteiger partial charge in [-0.2, -0.15) is 0 Å². The largest absolute Gasteiger partial charge is 0.308 e. The topological polar surface area (TPSA) is 43.6 Å². The van der Waals surface area contributed by atoms with E-state index < -0.39 is 0 Å². The van der Waals surface area contributed by atoms with Crippen LogP contribution in [0, 0.1) is 0 Å². The van der Waals surface area contributed by atoms with Gasteiger partial charge in [-0.1, -0.05) is 176 Å². The lowest BCUT2D eigenvalue weighted by atomic mass is 9.92. The van der Waals surface area contributed by atoms with Gasteiger partial charge in [0.15, 0.2) is 17.5 Å². The molecule has 2 heterocycles. The highest BCUT2D eigenvalue weighted by molar-refractivity contribution is 6.17. The summed E-state index contributed by atoms with van der Waals surface area (Å²) in [4.78, 5) is 15.7. The Hall–Kier alpha value is -8.21. The summed E-state index contributed by atoms with van der Waals surface area (Å²) in [5.41, 5.74) is 10.5. The van der Waals surface area contributed by atoms with Crippen LogP contribution in [0.3, 0.4) is 0 Å². The molecule has 61 heavy (non-hydrogen) atoms. The van der Waals surface area contributed by atoms with Crippen molar-refractivity contribution in [2.45, 2.75) is 0 Å². The van der Waals surface area contributed by atoms with Gasteiger partial charge in [0.05, 0.1) is 16.7 Å². The van der Waals surface area contributed by atoms with Crippen molar-refractivity contribution in [3.05, 3.63) is 218 Å². The van der Waals surface area contributed by atoms with Gasteiger partial charge in [-0.3, -0.25) is 0 Å². The van der Waals surface area contributed by atoms with E-state index in [-0.39, 0.29) is 0 Å². The first-order chi connectivity index (χ1) is 30.2. The zero-order chi connectivity index (χ0) is 40.3. The molecule has 0 atom stereocenters. The van der Waals surface area contributed by atoms with Crippen LogP contribution in [-0.4, -0.2) is 19.5 Å². The molecule has 10 aromatic carbocycles. The highest BCUT2D eigenvalue weighted by Crippen LogP contribution is 2.45. The van der Waals surface area contributed by atoms with Crippen molar-refractivity contribution in [2.24, 2.45) is 0 Å². The molecule has 0 amide bonds. The van der Waals surface area contributed by atoms with Crippen molar-refractivity contribution >= 4 is 54.1 Å². The third-order valence-electron chi connectivity index (χ3n) is 11.9. The molecule has 0 radical (unpaired) electrons. The number of aromatic nitrogens is 4. The van der Waals surface area contributed by atoms with Gasteiger partial charge in [-0.25, -0.2) is 15.0 Å². The molecule has 12 aromatic rings. The average Bonchev–Trinajstić information content (AvgIpc) is 3.63. The summed E-state index contributed by atoms with van der Waals surface area (Å²) in [5, 5.41) is 9.57. The van der Waals surface area contributed by atoms with Gasteiger partial charge in [0.25, 0.3) is 0 Å². The van der Waals surface area contributed by atoms with Gasteiger partial charge < -0.3 is 4.57 Å². The predicted molar refractivity (Wildman–Crippen MR) is 254 cm³/mol. The molecule has 0 saturated heterocycles. The third kappa shape index (κ3) is 6.04. The molecule has 4 nitrogen and oxygen atoms in total. The van der Waals surface area contributed by atoms with Gasteiger partial charge in [0.2, 0.25) is 0 Å². The molecule has 2 aromatic heterocycles. The molecule has 0 unspecified atom stereocenters. The zero-order valence-corrected chi connectivity index (χ0v) is 33.1. The summed E-state index contributed by atoms with van der Waals surface area (Å²) < 4.78 is 2.50. The van der Waals surface area contributed by atoms with E-state index in [4.69, 9.17) is 15.0 Å². The van der Waals surface area contributed by atoms with E-state index in [1.807, 2.05) is 18.2 Å². The van der Waals surface area contributed by atoms with Crippen molar-refractivity contribution in [3.8, 4) is 62.1 Å². The first-order valence-corrected chi connectivity index (χ1v) is 20.7. The Morgan fingerprint density at radius 1 is 0.262 bits per heavy atom. The Kier molecular flexibility index (Phi) is 8.13. The number of hydrogen-bond donors (Lipinski definition) is 0. The number of rotatable bonds is 6. The Morgan fingerprint density at radius 3 is 1.13 bits per heavy atom. The maximum Gasteiger partial charge on any atom is 0.164 e. The van der Waals surface area contributed by atoms with E-state index in [1.165, 1.54) is 37.7 Å². The zero-order valence-electron chi connectivity index (χ0n) is 33.1. The molecule has 0 saturated carbocycles. The van der Waals surface area contributed by atoms with Crippen LogP contribution in [0.2, 0.25) is 0 Å². The summed E-state index contributed by atoms with van der Waals surface area (Å²) >= 11 is 0. The summed E-state index contributed by atoms with van der Waals surface area (Å²) in [7, 11) is 0. The van der Waals surface area contributed by atoms with Crippen LogP contribution in [0.4, 0.5) is 0 Å². The Morgan fingerprint density at radius 2 is 0.639 bits per heavy atom. The van der Waals surface area contributed by atoms with Crippen LogP contribution in [0.25, 0.3) is 116 Å². The smallest absolute Gasteiger partial charge is 0.164 e. The molecule has 0 aliphatic rings. The molecule has 0 aliphatic carbocycles.